The van der Waals surface area contributed by atoms with Gasteiger partial charge in [-0.25, -0.2) is 0 Å². The van der Waals surface area contributed by atoms with E-state index in [0.717, 1.165) is 30.3 Å². The van der Waals surface area contributed by atoms with Crippen LogP contribution >= 0.6 is 11.6 Å². The third-order valence-corrected chi connectivity index (χ3v) is 6.01. The molecule has 0 saturated carbocycles. The molecule has 1 unspecified atom stereocenters. The number of ether oxygens (including phenoxy) is 1. The van der Waals surface area contributed by atoms with E-state index in [2.05, 4.69) is 47.0 Å². The molecule has 0 aromatic heterocycles. The van der Waals surface area contributed by atoms with Crippen LogP contribution in [0.1, 0.15) is 42.3 Å². The molecule has 1 spiro atoms. The highest BCUT2D eigenvalue weighted by molar-refractivity contribution is 6.30. The molecule has 2 fully saturated rings. The minimum atomic E-state index is 0.0948. The second-order valence-corrected chi connectivity index (χ2v) is 7.66. The number of rotatable bonds is 3. The Balaban J connectivity index is 1.64. The second-order valence-electron chi connectivity index (χ2n) is 7.23. The molecule has 0 bridgehead atoms. The van der Waals surface area contributed by atoms with Gasteiger partial charge in [-0.05, 0) is 49.6 Å². The van der Waals surface area contributed by atoms with Gasteiger partial charge in [-0.1, -0.05) is 41.9 Å². The van der Waals surface area contributed by atoms with Crippen LogP contribution in [0.25, 0.3) is 0 Å². The number of hydrogen-bond acceptors (Lipinski definition) is 3. The Morgan fingerprint density at radius 3 is 2.80 bits per heavy atom. The van der Waals surface area contributed by atoms with Gasteiger partial charge in [-0.3, -0.25) is 0 Å². The largest absolute Gasteiger partial charge is 0.496 e. The van der Waals surface area contributed by atoms with Crippen LogP contribution in [-0.2, 0) is 0 Å². The highest BCUT2D eigenvalue weighted by Gasteiger charge is 2.47. The minimum Gasteiger partial charge on any atom is -0.496 e. The average Bonchev–Trinajstić information content (AvgIpc) is 3.07. The summed E-state index contributed by atoms with van der Waals surface area (Å²) in [6, 6.07) is 17.1. The van der Waals surface area contributed by atoms with Gasteiger partial charge < -0.3 is 15.4 Å². The quantitative estimate of drug-likeness (QED) is 0.860. The molecule has 2 saturated heterocycles. The highest BCUT2D eigenvalue weighted by Crippen LogP contribution is 2.46. The first-order valence-electron chi connectivity index (χ1n) is 9.09. The summed E-state index contributed by atoms with van der Waals surface area (Å²) in [5.74, 6) is 1.35. The molecular formula is C21H25ClN2O. The summed E-state index contributed by atoms with van der Waals surface area (Å²) < 4.78 is 5.60. The van der Waals surface area contributed by atoms with Crippen molar-refractivity contribution < 1.29 is 4.74 Å². The van der Waals surface area contributed by atoms with Crippen molar-refractivity contribution in [1.29, 1.82) is 0 Å². The van der Waals surface area contributed by atoms with Crippen molar-refractivity contribution in [3.63, 3.8) is 0 Å². The Morgan fingerprint density at radius 1 is 1.16 bits per heavy atom. The highest BCUT2D eigenvalue weighted by atomic mass is 35.5. The van der Waals surface area contributed by atoms with Gasteiger partial charge in [0.15, 0.2) is 0 Å². The van der Waals surface area contributed by atoms with Crippen molar-refractivity contribution in [3.8, 4) is 5.75 Å². The minimum absolute atomic E-state index is 0.0948. The molecule has 0 amide bonds. The molecule has 2 aromatic carbocycles. The predicted octanol–water partition coefficient (Wildman–Crippen LogP) is 4.29. The van der Waals surface area contributed by atoms with Gasteiger partial charge in [0, 0.05) is 28.6 Å². The summed E-state index contributed by atoms with van der Waals surface area (Å²) in [7, 11) is 1.74. The molecular weight excluding hydrogens is 332 g/mol. The lowest BCUT2D eigenvalue weighted by molar-refractivity contribution is 0.202. The van der Waals surface area contributed by atoms with Crippen molar-refractivity contribution in [2.75, 3.05) is 20.2 Å². The number of benzene rings is 2. The van der Waals surface area contributed by atoms with Crippen LogP contribution in [-0.4, -0.2) is 25.7 Å². The Bertz CT molecular complexity index is 736. The Hall–Kier alpha value is -1.55. The Morgan fingerprint density at radius 2 is 2.00 bits per heavy atom. The topological polar surface area (TPSA) is 33.3 Å². The zero-order valence-corrected chi connectivity index (χ0v) is 15.4. The number of hydrogen-bond donors (Lipinski definition) is 2. The average molecular weight is 357 g/mol. The van der Waals surface area contributed by atoms with E-state index in [1.807, 2.05) is 12.1 Å². The molecule has 132 valence electrons. The second kappa shape index (κ2) is 6.99. The van der Waals surface area contributed by atoms with Crippen LogP contribution in [0.3, 0.4) is 0 Å². The molecule has 0 radical (unpaired) electrons. The Labute approximate surface area is 154 Å². The molecule has 2 N–H and O–H groups in total. The number of methoxy groups -OCH3 is 1. The lowest BCUT2D eigenvalue weighted by Gasteiger charge is -2.43. The fourth-order valence-electron chi connectivity index (χ4n) is 4.64. The van der Waals surface area contributed by atoms with Crippen LogP contribution < -0.4 is 15.4 Å². The van der Waals surface area contributed by atoms with E-state index >= 15 is 0 Å². The molecule has 0 aliphatic carbocycles. The monoisotopic (exact) mass is 356 g/mol. The fourth-order valence-corrected chi connectivity index (χ4v) is 4.82. The van der Waals surface area contributed by atoms with E-state index in [4.69, 9.17) is 16.3 Å². The lowest BCUT2D eigenvalue weighted by atomic mass is 9.75. The van der Waals surface area contributed by atoms with E-state index < -0.39 is 0 Å². The zero-order chi connectivity index (χ0) is 17.3. The number of piperidine rings is 1. The first kappa shape index (κ1) is 16.9. The van der Waals surface area contributed by atoms with Crippen molar-refractivity contribution in [3.05, 3.63) is 64.7 Å². The standard InChI is InChI=1S/C21H25ClN2O/c1-25-19-9-8-17(22)12-18(19)16-13-21(24-14-16)10-5-11-23-20(21)15-6-3-2-4-7-15/h2-4,6-9,12,16,20,23-24H,5,10-11,13-14H2,1H3/t16-,20?,21+/m0/s1. The normalized spacial score (nSPS) is 29.0. The maximum atomic E-state index is 6.27. The van der Waals surface area contributed by atoms with Crippen LogP contribution in [0.4, 0.5) is 0 Å². The van der Waals surface area contributed by atoms with Gasteiger partial charge in [-0.2, -0.15) is 0 Å². The zero-order valence-electron chi connectivity index (χ0n) is 14.6. The van der Waals surface area contributed by atoms with E-state index in [1.54, 1.807) is 7.11 Å². The third kappa shape index (κ3) is 3.17. The van der Waals surface area contributed by atoms with Gasteiger partial charge in [0.1, 0.15) is 5.75 Å². The predicted molar refractivity (Wildman–Crippen MR) is 103 cm³/mol. The smallest absolute Gasteiger partial charge is 0.122 e. The molecule has 2 heterocycles. The van der Waals surface area contributed by atoms with Gasteiger partial charge in [-0.15, -0.1) is 0 Å². The first-order valence-corrected chi connectivity index (χ1v) is 9.46. The van der Waals surface area contributed by atoms with E-state index in [-0.39, 0.29) is 5.54 Å². The SMILES string of the molecule is COc1ccc(Cl)cc1[C@@H]1CN[C@]2(CCCNC2c2ccccc2)C1. The maximum Gasteiger partial charge on any atom is 0.122 e. The molecule has 25 heavy (non-hydrogen) atoms. The molecule has 4 heteroatoms. The summed E-state index contributed by atoms with van der Waals surface area (Å²) in [4.78, 5) is 0. The molecule has 2 aliphatic rings. The van der Waals surface area contributed by atoms with Crippen LogP contribution in [0.15, 0.2) is 48.5 Å². The molecule has 2 aromatic rings. The maximum absolute atomic E-state index is 6.27. The van der Waals surface area contributed by atoms with Crippen LogP contribution in [0, 0.1) is 0 Å². The van der Waals surface area contributed by atoms with Crippen molar-refractivity contribution in [2.24, 2.45) is 0 Å². The van der Waals surface area contributed by atoms with E-state index in [0.29, 0.717) is 12.0 Å². The third-order valence-electron chi connectivity index (χ3n) is 5.78. The molecule has 3 nitrogen and oxygen atoms in total. The fraction of sp³-hybridized carbons (Fsp3) is 0.429. The lowest BCUT2D eigenvalue weighted by Crippen LogP contribution is -2.54. The summed E-state index contributed by atoms with van der Waals surface area (Å²) in [6.07, 6.45) is 3.49. The van der Waals surface area contributed by atoms with Crippen molar-refractivity contribution >= 4 is 11.6 Å². The first-order chi connectivity index (χ1) is 12.2. The Kier molecular flexibility index (Phi) is 4.72. The van der Waals surface area contributed by atoms with Crippen LogP contribution in [0.5, 0.6) is 5.75 Å². The summed E-state index contributed by atoms with van der Waals surface area (Å²) >= 11 is 6.27. The van der Waals surface area contributed by atoms with Gasteiger partial charge in [0.05, 0.1) is 13.2 Å². The molecule has 4 rings (SSSR count). The van der Waals surface area contributed by atoms with E-state index in [1.165, 1.54) is 24.0 Å². The molecule has 3 atom stereocenters. The van der Waals surface area contributed by atoms with Crippen molar-refractivity contribution in [1.82, 2.24) is 10.6 Å². The van der Waals surface area contributed by atoms with Gasteiger partial charge >= 0.3 is 0 Å². The van der Waals surface area contributed by atoms with Gasteiger partial charge in [0.25, 0.3) is 0 Å². The van der Waals surface area contributed by atoms with Gasteiger partial charge in [0.2, 0.25) is 0 Å². The number of nitrogens with one attached hydrogen (secondary N) is 2. The van der Waals surface area contributed by atoms with Crippen LogP contribution in [0.2, 0.25) is 5.02 Å². The number of halogens is 1. The van der Waals surface area contributed by atoms with Crippen molar-refractivity contribution in [2.45, 2.75) is 36.8 Å². The molecule has 2 aliphatic heterocycles. The van der Waals surface area contributed by atoms with E-state index in [9.17, 15) is 0 Å². The summed E-state index contributed by atoms with van der Waals surface area (Å²) in [5, 5.41) is 8.42. The summed E-state index contributed by atoms with van der Waals surface area (Å²) in [6.45, 7) is 2.04. The summed E-state index contributed by atoms with van der Waals surface area (Å²) in [5.41, 5.74) is 2.68.